The number of hydrazine groups is 1. The van der Waals surface area contributed by atoms with Gasteiger partial charge >= 0.3 is 0 Å². The van der Waals surface area contributed by atoms with Crippen molar-refractivity contribution in [3.8, 4) is 0 Å². The summed E-state index contributed by atoms with van der Waals surface area (Å²) < 4.78 is 2.19. The van der Waals surface area contributed by atoms with E-state index in [2.05, 4.69) is 79.3 Å². The van der Waals surface area contributed by atoms with Gasteiger partial charge in [0.15, 0.2) is 0 Å². The van der Waals surface area contributed by atoms with Crippen LogP contribution in [0.2, 0.25) is 0 Å². The smallest absolute Gasteiger partial charge is 0.0753 e. The third kappa shape index (κ3) is 2.96. The summed E-state index contributed by atoms with van der Waals surface area (Å²) in [4.78, 5) is 4.51. The monoisotopic (exact) mass is 453 g/mol. The molecule has 0 fully saturated rings. The Kier molecular flexibility index (Phi) is 4.54. The molecule has 5 heteroatoms. The van der Waals surface area contributed by atoms with Gasteiger partial charge in [0, 0.05) is 25.2 Å². The minimum Gasteiger partial charge on any atom is -0.271 e. The molecule has 2 aromatic carbocycles. The van der Waals surface area contributed by atoms with Gasteiger partial charge in [-0.05, 0) is 52.4 Å². The lowest BCUT2D eigenvalue weighted by Crippen LogP contribution is -2.29. The van der Waals surface area contributed by atoms with Gasteiger partial charge in [0.1, 0.15) is 0 Å². The fourth-order valence-corrected chi connectivity index (χ4v) is 3.43. The first-order valence-corrected chi connectivity index (χ1v) is 8.32. The fraction of sp³-hybridized carbons (Fsp3) is 0.0625. The summed E-state index contributed by atoms with van der Waals surface area (Å²) in [6, 6.07) is 16.3. The minimum atomic E-state index is -0.118. The van der Waals surface area contributed by atoms with E-state index in [9.17, 15) is 0 Å². The van der Waals surface area contributed by atoms with Crippen LogP contribution in [0.25, 0.3) is 10.9 Å². The van der Waals surface area contributed by atoms with Gasteiger partial charge in [-0.25, -0.2) is 5.43 Å². The molecule has 0 aliphatic carbocycles. The van der Waals surface area contributed by atoms with Gasteiger partial charge in [0.05, 0.1) is 11.6 Å². The second kappa shape index (κ2) is 6.39. The molecular weight excluding hydrogens is 441 g/mol. The molecule has 1 heterocycles. The summed E-state index contributed by atoms with van der Waals surface area (Å²) in [6.07, 6.45) is 1.81. The van der Waals surface area contributed by atoms with Crippen LogP contribution in [-0.4, -0.2) is 4.98 Å². The van der Waals surface area contributed by atoms with Gasteiger partial charge in [-0.2, -0.15) is 0 Å². The molecule has 0 aliphatic heterocycles. The molecule has 0 saturated carbocycles. The first-order chi connectivity index (χ1) is 10.2. The van der Waals surface area contributed by atoms with E-state index in [1.807, 2.05) is 24.4 Å². The molecule has 0 aliphatic rings. The molecule has 0 saturated heterocycles. The van der Waals surface area contributed by atoms with Gasteiger partial charge < -0.3 is 0 Å². The van der Waals surface area contributed by atoms with Crippen molar-refractivity contribution in [3.63, 3.8) is 0 Å². The van der Waals surface area contributed by atoms with Crippen LogP contribution in [0.1, 0.15) is 17.2 Å². The van der Waals surface area contributed by atoms with E-state index in [1.165, 1.54) is 3.57 Å². The van der Waals surface area contributed by atoms with Gasteiger partial charge in [-0.15, -0.1) is 0 Å². The highest BCUT2D eigenvalue weighted by Crippen LogP contribution is 2.32. The number of benzene rings is 2. The predicted molar refractivity (Wildman–Crippen MR) is 97.8 cm³/mol. The van der Waals surface area contributed by atoms with Crippen molar-refractivity contribution in [2.24, 2.45) is 5.84 Å². The number of halogens is 2. The number of aromatic nitrogens is 1. The lowest BCUT2D eigenvalue weighted by molar-refractivity contribution is 0.637. The van der Waals surface area contributed by atoms with E-state index in [4.69, 9.17) is 5.84 Å². The van der Waals surface area contributed by atoms with Crippen molar-refractivity contribution in [2.45, 2.75) is 6.04 Å². The van der Waals surface area contributed by atoms with Crippen LogP contribution >= 0.6 is 38.5 Å². The lowest BCUT2D eigenvalue weighted by Gasteiger charge is -2.20. The standard InChI is InChI=1S/C16H13BrIN3/c17-14-7-6-11(18)9-13(14)16(21-19)12-5-1-3-10-4-2-8-20-15(10)12/h1-9,16,21H,19H2. The van der Waals surface area contributed by atoms with E-state index in [1.54, 1.807) is 0 Å². The molecule has 106 valence electrons. The van der Waals surface area contributed by atoms with E-state index in [0.717, 1.165) is 26.5 Å². The number of nitrogens with one attached hydrogen (secondary N) is 1. The number of nitrogens with zero attached hydrogens (tertiary/aromatic N) is 1. The van der Waals surface area contributed by atoms with Crippen molar-refractivity contribution in [3.05, 3.63) is 73.9 Å². The number of rotatable bonds is 3. The second-order valence-corrected chi connectivity index (χ2v) is 6.79. The van der Waals surface area contributed by atoms with Crippen LogP contribution in [0.15, 0.2) is 59.2 Å². The Morgan fingerprint density at radius 1 is 1.10 bits per heavy atom. The molecule has 0 radical (unpaired) electrons. The lowest BCUT2D eigenvalue weighted by atomic mass is 9.97. The van der Waals surface area contributed by atoms with Crippen LogP contribution in [0.3, 0.4) is 0 Å². The average molecular weight is 454 g/mol. The number of hydrogen-bond donors (Lipinski definition) is 2. The Balaban J connectivity index is 2.21. The molecule has 1 unspecified atom stereocenters. The number of fused-ring (bicyclic) bond motifs is 1. The Bertz CT molecular complexity index is 786. The van der Waals surface area contributed by atoms with Crippen LogP contribution in [-0.2, 0) is 0 Å². The summed E-state index contributed by atoms with van der Waals surface area (Å²) in [5.74, 6) is 5.85. The molecule has 0 amide bonds. The normalized spacial score (nSPS) is 12.5. The molecule has 21 heavy (non-hydrogen) atoms. The summed E-state index contributed by atoms with van der Waals surface area (Å²) in [7, 11) is 0. The molecule has 0 spiro atoms. The van der Waals surface area contributed by atoms with E-state index >= 15 is 0 Å². The maximum absolute atomic E-state index is 5.85. The highest BCUT2D eigenvalue weighted by Gasteiger charge is 2.18. The second-order valence-electron chi connectivity index (χ2n) is 4.69. The Morgan fingerprint density at radius 3 is 2.71 bits per heavy atom. The molecule has 1 atom stereocenters. The Morgan fingerprint density at radius 2 is 1.90 bits per heavy atom. The first kappa shape index (κ1) is 14.9. The summed E-state index contributed by atoms with van der Waals surface area (Å²) in [6.45, 7) is 0. The van der Waals surface area contributed by atoms with Crippen LogP contribution in [0.5, 0.6) is 0 Å². The molecular formula is C16H13BrIN3. The molecule has 3 aromatic rings. The predicted octanol–water partition coefficient (Wildman–Crippen LogP) is 4.15. The highest BCUT2D eigenvalue weighted by molar-refractivity contribution is 14.1. The Labute approximate surface area is 145 Å². The van der Waals surface area contributed by atoms with Gasteiger partial charge in [0.25, 0.3) is 0 Å². The van der Waals surface area contributed by atoms with Crippen LogP contribution in [0.4, 0.5) is 0 Å². The summed E-state index contributed by atoms with van der Waals surface area (Å²) >= 11 is 5.92. The largest absolute Gasteiger partial charge is 0.271 e. The van der Waals surface area contributed by atoms with Crippen molar-refractivity contribution in [2.75, 3.05) is 0 Å². The van der Waals surface area contributed by atoms with Gasteiger partial charge in [-0.1, -0.05) is 40.2 Å². The zero-order valence-corrected chi connectivity index (χ0v) is 14.8. The molecule has 1 aromatic heterocycles. The zero-order chi connectivity index (χ0) is 14.8. The third-order valence-electron chi connectivity index (χ3n) is 3.41. The molecule has 3 nitrogen and oxygen atoms in total. The van der Waals surface area contributed by atoms with Crippen molar-refractivity contribution in [1.82, 2.24) is 10.4 Å². The van der Waals surface area contributed by atoms with E-state index in [-0.39, 0.29) is 6.04 Å². The third-order valence-corrected chi connectivity index (χ3v) is 4.80. The van der Waals surface area contributed by atoms with Gasteiger partial charge in [-0.3, -0.25) is 10.8 Å². The number of pyridine rings is 1. The topological polar surface area (TPSA) is 50.9 Å². The zero-order valence-electron chi connectivity index (χ0n) is 11.1. The minimum absolute atomic E-state index is 0.118. The molecule has 3 rings (SSSR count). The number of nitrogens with two attached hydrogens (primary N) is 1. The maximum atomic E-state index is 5.85. The van der Waals surface area contributed by atoms with Crippen molar-refractivity contribution < 1.29 is 0 Å². The summed E-state index contributed by atoms with van der Waals surface area (Å²) in [5, 5.41) is 1.11. The van der Waals surface area contributed by atoms with Crippen LogP contribution in [0, 0.1) is 3.57 Å². The quantitative estimate of drug-likeness (QED) is 0.355. The van der Waals surface area contributed by atoms with Crippen molar-refractivity contribution in [1.29, 1.82) is 0 Å². The molecule has 3 N–H and O–H groups in total. The SMILES string of the molecule is NNC(c1cc(I)ccc1Br)c1cccc2cccnc12. The Hall–Kier alpha value is -1.02. The highest BCUT2D eigenvalue weighted by atomic mass is 127. The van der Waals surface area contributed by atoms with Crippen LogP contribution < -0.4 is 11.3 Å². The average Bonchev–Trinajstić information content (AvgIpc) is 2.51. The van der Waals surface area contributed by atoms with Crippen molar-refractivity contribution >= 4 is 49.4 Å². The number of hydrogen-bond acceptors (Lipinski definition) is 3. The first-order valence-electron chi connectivity index (χ1n) is 6.45. The van der Waals surface area contributed by atoms with E-state index in [0.29, 0.717) is 0 Å². The number of para-hydroxylation sites is 1. The molecule has 0 bridgehead atoms. The van der Waals surface area contributed by atoms with E-state index < -0.39 is 0 Å². The maximum Gasteiger partial charge on any atom is 0.0753 e. The van der Waals surface area contributed by atoms with Gasteiger partial charge in [0.2, 0.25) is 0 Å². The summed E-state index contributed by atoms with van der Waals surface area (Å²) in [5.41, 5.74) is 6.06. The fourth-order valence-electron chi connectivity index (χ4n) is 2.44.